The first-order chi connectivity index (χ1) is 8.19. The standard InChI is InChI=1S/C11H13N3O3/c12-6-9(16)11-13-10(14-17-11)5-7-1-3-8(15)4-2-7/h1-4,9,15-16H,5-6,12H2. The molecule has 0 saturated carbocycles. The maximum atomic E-state index is 9.39. The molecule has 1 aromatic heterocycles. The Morgan fingerprint density at radius 3 is 2.65 bits per heavy atom. The molecule has 0 amide bonds. The summed E-state index contributed by atoms with van der Waals surface area (Å²) in [6.07, 6.45) is -0.447. The van der Waals surface area contributed by atoms with Crippen molar-refractivity contribution in [3.63, 3.8) is 0 Å². The van der Waals surface area contributed by atoms with E-state index >= 15 is 0 Å². The van der Waals surface area contributed by atoms with Gasteiger partial charge >= 0.3 is 0 Å². The summed E-state index contributed by atoms with van der Waals surface area (Å²) in [5.41, 5.74) is 6.22. The first-order valence-electron chi connectivity index (χ1n) is 5.17. The molecule has 0 fully saturated rings. The molecule has 0 radical (unpaired) electrons. The van der Waals surface area contributed by atoms with Crippen molar-refractivity contribution in [3.8, 4) is 5.75 Å². The first-order valence-corrected chi connectivity index (χ1v) is 5.17. The maximum Gasteiger partial charge on any atom is 0.256 e. The summed E-state index contributed by atoms with van der Waals surface area (Å²) in [6, 6.07) is 6.71. The number of aliphatic hydroxyl groups excluding tert-OH is 1. The number of benzene rings is 1. The van der Waals surface area contributed by atoms with Crippen molar-refractivity contribution in [1.29, 1.82) is 0 Å². The molecule has 0 saturated heterocycles. The second-order valence-electron chi connectivity index (χ2n) is 3.64. The summed E-state index contributed by atoms with van der Waals surface area (Å²) in [7, 11) is 0. The average molecular weight is 235 g/mol. The molecule has 0 bridgehead atoms. The van der Waals surface area contributed by atoms with Gasteiger partial charge in [-0.2, -0.15) is 4.98 Å². The van der Waals surface area contributed by atoms with E-state index in [4.69, 9.17) is 15.4 Å². The largest absolute Gasteiger partial charge is 0.508 e. The Kier molecular flexibility index (Phi) is 3.36. The maximum absolute atomic E-state index is 9.39. The molecular weight excluding hydrogens is 222 g/mol. The third-order valence-electron chi connectivity index (χ3n) is 2.29. The van der Waals surface area contributed by atoms with Crippen LogP contribution in [0.3, 0.4) is 0 Å². The van der Waals surface area contributed by atoms with E-state index in [9.17, 15) is 5.11 Å². The quantitative estimate of drug-likeness (QED) is 0.706. The molecule has 1 aromatic carbocycles. The van der Waals surface area contributed by atoms with Crippen LogP contribution in [-0.4, -0.2) is 26.9 Å². The predicted octanol–water partition coefficient (Wildman–Crippen LogP) is 0.358. The van der Waals surface area contributed by atoms with Gasteiger partial charge < -0.3 is 20.5 Å². The van der Waals surface area contributed by atoms with Crippen LogP contribution in [0.15, 0.2) is 28.8 Å². The van der Waals surface area contributed by atoms with E-state index in [2.05, 4.69) is 10.1 Å². The van der Waals surface area contributed by atoms with Gasteiger partial charge in [0.2, 0.25) is 0 Å². The van der Waals surface area contributed by atoms with Crippen LogP contribution in [0, 0.1) is 0 Å². The van der Waals surface area contributed by atoms with Crippen molar-refractivity contribution in [2.24, 2.45) is 5.73 Å². The Bertz CT molecular complexity index is 481. The molecular formula is C11H13N3O3. The van der Waals surface area contributed by atoms with E-state index in [1.807, 2.05) is 0 Å². The monoisotopic (exact) mass is 235 g/mol. The molecule has 90 valence electrons. The lowest BCUT2D eigenvalue weighted by molar-refractivity contribution is 0.141. The van der Waals surface area contributed by atoms with E-state index in [0.717, 1.165) is 5.56 Å². The van der Waals surface area contributed by atoms with Crippen LogP contribution in [0.2, 0.25) is 0 Å². The van der Waals surface area contributed by atoms with E-state index in [1.165, 1.54) is 0 Å². The van der Waals surface area contributed by atoms with Gasteiger partial charge in [0.15, 0.2) is 5.82 Å². The molecule has 1 heterocycles. The van der Waals surface area contributed by atoms with Gasteiger partial charge in [0.05, 0.1) is 0 Å². The number of rotatable bonds is 4. The molecule has 6 nitrogen and oxygen atoms in total. The highest BCUT2D eigenvalue weighted by molar-refractivity contribution is 5.27. The number of hydrogen-bond donors (Lipinski definition) is 3. The Morgan fingerprint density at radius 1 is 1.29 bits per heavy atom. The molecule has 0 aliphatic carbocycles. The summed E-state index contributed by atoms with van der Waals surface area (Å²) in [5, 5.41) is 22.3. The fourth-order valence-electron chi connectivity index (χ4n) is 1.37. The van der Waals surface area contributed by atoms with E-state index in [-0.39, 0.29) is 18.2 Å². The van der Waals surface area contributed by atoms with Gasteiger partial charge in [0.1, 0.15) is 11.9 Å². The van der Waals surface area contributed by atoms with Gasteiger partial charge in [-0.05, 0) is 17.7 Å². The topological polar surface area (TPSA) is 105 Å². The number of aromatic hydroxyl groups is 1. The van der Waals surface area contributed by atoms with Crippen LogP contribution >= 0.6 is 0 Å². The first kappa shape index (κ1) is 11.6. The highest BCUT2D eigenvalue weighted by atomic mass is 16.5. The van der Waals surface area contributed by atoms with Crippen molar-refractivity contribution in [2.75, 3.05) is 6.54 Å². The minimum absolute atomic E-state index is 0.0425. The van der Waals surface area contributed by atoms with Gasteiger partial charge in [-0.15, -0.1) is 0 Å². The summed E-state index contributed by atoms with van der Waals surface area (Å²) in [6.45, 7) is 0.0425. The Balaban J connectivity index is 2.08. The molecule has 0 aliphatic heterocycles. The Labute approximate surface area is 97.7 Å². The predicted molar refractivity (Wildman–Crippen MR) is 59.2 cm³/mol. The lowest BCUT2D eigenvalue weighted by atomic mass is 10.1. The zero-order valence-electron chi connectivity index (χ0n) is 9.08. The van der Waals surface area contributed by atoms with Crippen LogP contribution in [0.5, 0.6) is 5.75 Å². The normalized spacial score (nSPS) is 12.6. The molecule has 1 unspecified atom stereocenters. The molecule has 2 aromatic rings. The fourth-order valence-corrected chi connectivity index (χ4v) is 1.37. The molecule has 4 N–H and O–H groups in total. The van der Waals surface area contributed by atoms with Crippen molar-refractivity contribution in [3.05, 3.63) is 41.5 Å². The molecule has 0 spiro atoms. The third kappa shape index (κ3) is 2.80. The average Bonchev–Trinajstić information content (AvgIpc) is 2.80. The number of aromatic nitrogens is 2. The van der Waals surface area contributed by atoms with E-state index < -0.39 is 6.10 Å². The smallest absolute Gasteiger partial charge is 0.256 e. The number of nitrogens with zero attached hydrogens (tertiary/aromatic N) is 2. The van der Waals surface area contributed by atoms with Gasteiger partial charge in [-0.25, -0.2) is 0 Å². The van der Waals surface area contributed by atoms with Gasteiger partial charge in [0, 0.05) is 13.0 Å². The molecule has 0 aliphatic rings. The lowest BCUT2D eigenvalue weighted by Gasteiger charge is -1.98. The van der Waals surface area contributed by atoms with Crippen LogP contribution < -0.4 is 5.73 Å². The van der Waals surface area contributed by atoms with Crippen molar-refractivity contribution in [2.45, 2.75) is 12.5 Å². The highest BCUT2D eigenvalue weighted by Gasteiger charge is 2.14. The third-order valence-corrected chi connectivity index (χ3v) is 2.29. The van der Waals surface area contributed by atoms with Gasteiger partial charge in [0.25, 0.3) is 5.89 Å². The molecule has 6 heteroatoms. The Hall–Kier alpha value is -1.92. The number of nitrogens with two attached hydrogens (primary N) is 1. The van der Waals surface area contributed by atoms with E-state index in [1.54, 1.807) is 24.3 Å². The summed E-state index contributed by atoms with van der Waals surface area (Å²) in [5.74, 6) is 0.806. The number of aliphatic hydroxyl groups is 1. The van der Waals surface area contributed by atoms with Gasteiger partial charge in [-0.1, -0.05) is 17.3 Å². The molecule has 1 atom stereocenters. The van der Waals surface area contributed by atoms with Gasteiger partial charge in [-0.3, -0.25) is 0 Å². The minimum atomic E-state index is -0.920. The van der Waals surface area contributed by atoms with Crippen LogP contribution in [-0.2, 0) is 6.42 Å². The fraction of sp³-hybridized carbons (Fsp3) is 0.273. The molecule has 17 heavy (non-hydrogen) atoms. The van der Waals surface area contributed by atoms with Crippen molar-refractivity contribution < 1.29 is 14.7 Å². The van der Waals surface area contributed by atoms with Crippen molar-refractivity contribution >= 4 is 0 Å². The highest BCUT2D eigenvalue weighted by Crippen LogP contribution is 2.14. The Morgan fingerprint density at radius 2 is 2.00 bits per heavy atom. The zero-order valence-corrected chi connectivity index (χ0v) is 9.08. The second-order valence-corrected chi connectivity index (χ2v) is 3.64. The summed E-state index contributed by atoms with van der Waals surface area (Å²) >= 11 is 0. The lowest BCUT2D eigenvalue weighted by Crippen LogP contribution is -2.11. The number of hydrogen-bond acceptors (Lipinski definition) is 6. The summed E-state index contributed by atoms with van der Waals surface area (Å²) in [4.78, 5) is 4.03. The van der Waals surface area contributed by atoms with Crippen LogP contribution in [0.25, 0.3) is 0 Å². The second kappa shape index (κ2) is 4.94. The minimum Gasteiger partial charge on any atom is -0.508 e. The number of phenols is 1. The van der Waals surface area contributed by atoms with Crippen molar-refractivity contribution in [1.82, 2.24) is 10.1 Å². The van der Waals surface area contributed by atoms with Crippen LogP contribution in [0.1, 0.15) is 23.4 Å². The van der Waals surface area contributed by atoms with Crippen LogP contribution in [0.4, 0.5) is 0 Å². The summed E-state index contributed by atoms with van der Waals surface area (Å²) < 4.78 is 4.87. The zero-order chi connectivity index (χ0) is 12.3. The molecule has 2 rings (SSSR count). The van der Waals surface area contributed by atoms with E-state index in [0.29, 0.717) is 12.2 Å². The SMILES string of the molecule is NCC(O)c1nc(Cc2ccc(O)cc2)no1. The number of phenolic OH excluding ortho intramolecular Hbond substituents is 1.